The van der Waals surface area contributed by atoms with Crippen LogP contribution in [0.5, 0.6) is 0 Å². The number of nitrogens with two attached hydrogens (primary N) is 1. The lowest BCUT2D eigenvalue weighted by atomic mass is 10.3. The molecule has 0 unspecified atom stereocenters. The van der Waals surface area contributed by atoms with Gasteiger partial charge in [0.1, 0.15) is 0 Å². The Labute approximate surface area is 117 Å². The van der Waals surface area contributed by atoms with Crippen molar-refractivity contribution in [3.63, 3.8) is 0 Å². The standard InChI is InChI=1S/C12H26N4O.ClH/c1-3-14(4-2)11-12(17)16-9-7-15(6-5-13)8-10-16;/h3-11,13H2,1-2H3;1H. The molecular formula is C12H27ClN4O. The molecule has 5 nitrogen and oxygen atoms in total. The predicted molar refractivity (Wildman–Crippen MR) is 77.1 cm³/mol. The van der Waals surface area contributed by atoms with Crippen molar-refractivity contribution in [2.45, 2.75) is 13.8 Å². The Hall–Kier alpha value is -0.360. The maximum atomic E-state index is 12.0. The summed E-state index contributed by atoms with van der Waals surface area (Å²) in [4.78, 5) is 18.5. The van der Waals surface area contributed by atoms with Gasteiger partial charge in [0.2, 0.25) is 5.91 Å². The molecule has 1 aliphatic rings. The fraction of sp³-hybridized carbons (Fsp3) is 0.917. The Morgan fingerprint density at radius 1 is 1.17 bits per heavy atom. The summed E-state index contributed by atoms with van der Waals surface area (Å²) in [7, 11) is 0. The molecule has 0 aromatic heterocycles. The zero-order valence-electron chi connectivity index (χ0n) is 11.6. The Bertz CT molecular complexity index is 228. The fourth-order valence-corrected chi connectivity index (χ4v) is 2.14. The average Bonchev–Trinajstić information content (AvgIpc) is 2.37. The summed E-state index contributed by atoms with van der Waals surface area (Å²) < 4.78 is 0. The van der Waals surface area contributed by atoms with Gasteiger partial charge in [0.25, 0.3) is 0 Å². The molecule has 0 aromatic rings. The van der Waals surface area contributed by atoms with Gasteiger partial charge in [0.05, 0.1) is 6.54 Å². The molecule has 1 saturated heterocycles. The van der Waals surface area contributed by atoms with Crippen LogP contribution in [0.25, 0.3) is 0 Å². The van der Waals surface area contributed by atoms with Crippen LogP contribution in [0.15, 0.2) is 0 Å². The fourth-order valence-electron chi connectivity index (χ4n) is 2.14. The van der Waals surface area contributed by atoms with E-state index in [1.807, 2.05) is 4.90 Å². The van der Waals surface area contributed by atoms with Crippen molar-refractivity contribution >= 4 is 18.3 Å². The van der Waals surface area contributed by atoms with Crippen LogP contribution in [-0.2, 0) is 4.79 Å². The molecule has 1 aliphatic heterocycles. The number of likely N-dealkylation sites (N-methyl/N-ethyl adjacent to an activating group) is 1. The summed E-state index contributed by atoms with van der Waals surface area (Å²) >= 11 is 0. The van der Waals surface area contributed by atoms with Crippen molar-refractivity contribution < 1.29 is 4.79 Å². The monoisotopic (exact) mass is 278 g/mol. The van der Waals surface area contributed by atoms with E-state index >= 15 is 0 Å². The molecule has 0 aliphatic carbocycles. The van der Waals surface area contributed by atoms with Gasteiger partial charge in [-0.05, 0) is 13.1 Å². The molecule has 18 heavy (non-hydrogen) atoms. The molecular weight excluding hydrogens is 252 g/mol. The van der Waals surface area contributed by atoms with Crippen molar-refractivity contribution in [1.29, 1.82) is 0 Å². The van der Waals surface area contributed by atoms with E-state index in [2.05, 4.69) is 23.6 Å². The minimum absolute atomic E-state index is 0. The number of amides is 1. The quantitative estimate of drug-likeness (QED) is 0.734. The minimum Gasteiger partial charge on any atom is -0.339 e. The van der Waals surface area contributed by atoms with Gasteiger partial charge in [-0.1, -0.05) is 13.8 Å². The molecule has 2 N–H and O–H groups in total. The first-order chi connectivity index (χ1) is 8.21. The average molecular weight is 279 g/mol. The van der Waals surface area contributed by atoms with Gasteiger partial charge in [0, 0.05) is 39.3 Å². The van der Waals surface area contributed by atoms with Crippen LogP contribution in [0.1, 0.15) is 13.8 Å². The van der Waals surface area contributed by atoms with Crippen LogP contribution in [0, 0.1) is 0 Å². The molecule has 0 bridgehead atoms. The van der Waals surface area contributed by atoms with Crippen LogP contribution in [-0.4, -0.2) is 79.5 Å². The van der Waals surface area contributed by atoms with Gasteiger partial charge in [-0.25, -0.2) is 0 Å². The number of piperazine rings is 1. The molecule has 1 fully saturated rings. The smallest absolute Gasteiger partial charge is 0.236 e. The lowest BCUT2D eigenvalue weighted by Crippen LogP contribution is -2.51. The van der Waals surface area contributed by atoms with E-state index < -0.39 is 0 Å². The number of hydrogen-bond acceptors (Lipinski definition) is 4. The second-order valence-corrected chi connectivity index (χ2v) is 4.47. The van der Waals surface area contributed by atoms with Crippen LogP contribution in [0.2, 0.25) is 0 Å². The molecule has 1 amide bonds. The summed E-state index contributed by atoms with van der Waals surface area (Å²) in [5, 5.41) is 0. The van der Waals surface area contributed by atoms with E-state index in [4.69, 9.17) is 5.73 Å². The molecule has 0 aromatic carbocycles. The minimum atomic E-state index is 0. The van der Waals surface area contributed by atoms with E-state index in [9.17, 15) is 4.79 Å². The van der Waals surface area contributed by atoms with Crippen LogP contribution < -0.4 is 5.73 Å². The maximum Gasteiger partial charge on any atom is 0.236 e. The number of carbonyl (C=O) groups excluding carboxylic acids is 1. The second-order valence-electron chi connectivity index (χ2n) is 4.47. The second kappa shape index (κ2) is 9.55. The van der Waals surface area contributed by atoms with Crippen LogP contribution in [0.3, 0.4) is 0 Å². The third-order valence-corrected chi connectivity index (χ3v) is 3.42. The van der Waals surface area contributed by atoms with E-state index in [1.165, 1.54) is 0 Å². The maximum absolute atomic E-state index is 12.0. The number of nitrogens with zero attached hydrogens (tertiary/aromatic N) is 3. The first-order valence-electron chi connectivity index (χ1n) is 6.63. The van der Waals surface area contributed by atoms with Gasteiger partial charge >= 0.3 is 0 Å². The summed E-state index contributed by atoms with van der Waals surface area (Å²) in [5.74, 6) is 0.265. The Kier molecular flexibility index (Phi) is 9.36. The number of carbonyl (C=O) groups is 1. The molecule has 0 atom stereocenters. The molecule has 0 spiro atoms. The van der Waals surface area contributed by atoms with Gasteiger partial charge < -0.3 is 10.6 Å². The third-order valence-electron chi connectivity index (χ3n) is 3.42. The highest BCUT2D eigenvalue weighted by atomic mass is 35.5. The highest BCUT2D eigenvalue weighted by Crippen LogP contribution is 2.02. The van der Waals surface area contributed by atoms with Gasteiger partial charge in [-0.2, -0.15) is 0 Å². The topological polar surface area (TPSA) is 52.8 Å². The van der Waals surface area contributed by atoms with E-state index in [-0.39, 0.29) is 18.3 Å². The van der Waals surface area contributed by atoms with E-state index in [1.54, 1.807) is 0 Å². The number of rotatable bonds is 6. The van der Waals surface area contributed by atoms with Crippen molar-refractivity contribution in [3.8, 4) is 0 Å². The first-order valence-corrected chi connectivity index (χ1v) is 6.63. The largest absolute Gasteiger partial charge is 0.339 e. The first kappa shape index (κ1) is 17.6. The van der Waals surface area contributed by atoms with Gasteiger partial charge in [0.15, 0.2) is 0 Å². The lowest BCUT2D eigenvalue weighted by molar-refractivity contribution is -0.134. The third kappa shape index (κ3) is 5.52. The summed E-state index contributed by atoms with van der Waals surface area (Å²) in [6, 6.07) is 0. The highest BCUT2D eigenvalue weighted by molar-refractivity contribution is 5.85. The Morgan fingerprint density at radius 3 is 2.17 bits per heavy atom. The van der Waals surface area contributed by atoms with Crippen LogP contribution >= 0.6 is 12.4 Å². The van der Waals surface area contributed by atoms with Crippen molar-refractivity contribution in [2.24, 2.45) is 5.73 Å². The van der Waals surface area contributed by atoms with Crippen molar-refractivity contribution in [2.75, 3.05) is 58.9 Å². The number of hydrogen-bond donors (Lipinski definition) is 1. The molecule has 108 valence electrons. The molecule has 0 radical (unpaired) electrons. The predicted octanol–water partition coefficient (Wildman–Crippen LogP) is -0.147. The van der Waals surface area contributed by atoms with Gasteiger partial charge in [-0.3, -0.25) is 14.6 Å². The molecule has 0 saturated carbocycles. The van der Waals surface area contributed by atoms with Crippen molar-refractivity contribution in [3.05, 3.63) is 0 Å². The molecule has 1 heterocycles. The Balaban J connectivity index is 0.00000289. The summed E-state index contributed by atoms with van der Waals surface area (Å²) in [6.45, 7) is 11.9. The molecule has 6 heteroatoms. The zero-order chi connectivity index (χ0) is 12.7. The highest BCUT2D eigenvalue weighted by Gasteiger charge is 2.21. The van der Waals surface area contributed by atoms with E-state index in [0.717, 1.165) is 45.8 Å². The van der Waals surface area contributed by atoms with Crippen molar-refractivity contribution in [1.82, 2.24) is 14.7 Å². The van der Waals surface area contributed by atoms with Crippen LogP contribution in [0.4, 0.5) is 0 Å². The number of halogens is 1. The zero-order valence-corrected chi connectivity index (χ0v) is 12.4. The Morgan fingerprint density at radius 2 is 1.72 bits per heavy atom. The lowest BCUT2D eigenvalue weighted by Gasteiger charge is -2.35. The summed E-state index contributed by atoms with van der Waals surface area (Å²) in [6.07, 6.45) is 0. The van der Waals surface area contributed by atoms with Gasteiger partial charge in [-0.15, -0.1) is 12.4 Å². The molecule has 1 rings (SSSR count). The van der Waals surface area contributed by atoms with E-state index in [0.29, 0.717) is 13.1 Å². The normalized spacial score (nSPS) is 16.8. The summed E-state index contributed by atoms with van der Waals surface area (Å²) in [5.41, 5.74) is 5.53. The SMILES string of the molecule is CCN(CC)CC(=O)N1CCN(CCN)CC1.Cl.